The highest BCUT2D eigenvalue weighted by Crippen LogP contribution is 2.39. The van der Waals surface area contributed by atoms with Gasteiger partial charge in [-0.1, -0.05) is 6.07 Å². The maximum absolute atomic E-state index is 12.8. The molecule has 0 radical (unpaired) electrons. The van der Waals surface area contributed by atoms with Crippen LogP contribution in [-0.4, -0.2) is 149 Å². The van der Waals surface area contributed by atoms with Crippen molar-refractivity contribution >= 4 is 24.1 Å². The molecule has 0 unspecified atom stereocenters. The van der Waals surface area contributed by atoms with Crippen molar-refractivity contribution in [1.82, 2.24) is 0 Å². The van der Waals surface area contributed by atoms with Gasteiger partial charge in [-0.15, -0.1) is 0 Å². The Hall–Kier alpha value is -4.50. The summed E-state index contributed by atoms with van der Waals surface area (Å²) in [5.74, 6) is -4.59. The molecular formula is C33H40O18. The third-order valence-electron chi connectivity index (χ3n) is 8.02. The normalized spacial score (nSPS) is 29.3. The van der Waals surface area contributed by atoms with Crippen molar-refractivity contribution in [2.24, 2.45) is 0 Å². The van der Waals surface area contributed by atoms with E-state index in [0.29, 0.717) is 11.1 Å². The smallest absolute Gasteiger partial charge is 0.331 e. The third kappa shape index (κ3) is 8.87. The summed E-state index contributed by atoms with van der Waals surface area (Å²) in [6.45, 7) is -2.65. The van der Waals surface area contributed by atoms with Crippen LogP contribution in [0.15, 0.2) is 42.5 Å². The van der Waals surface area contributed by atoms with Gasteiger partial charge in [-0.2, -0.15) is 0 Å². The van der Waals surface area contributed by atoms with Crippen LogP contribution in [0.3, 0.4) is 0 Å². The van der Waals surface area contributed by atoms with Gasteiger partial charge in [-0.05, 0) is 47.5 Å². The van der Waals surface area contributed by atoms with Crippen molar-refractivity contribution in [2.75, 3.05) is 41.2 Å². The summed E-state index contributed by atoms with van der Waals surface area (Å²) >= 11 is 0. The number of carbonyl (C=O) groups is 2. The van der Waals surface area contributed by atoms with Crippen molar-refractivity contribution in [1.29, 1.82) is 0 Å². The SMILES string of the molecule is COc1cc(/C=C/C(=O)O[C@H]2[C@H](O)[C@@H](CO)O[C@@]2(CO)O[C@H]2O[C@H](COC(=O)/C=C\c3cc(OC)c(O)c(OC)c3)[C@@H](O)[C@H](O)[C@H]2O)ccc1O. The van der Waals surface area contributed by atoms with E-state index in [1.807, 2.05) is 0 Å². The van der Waals surface area contributed by atoms with Gasteiger partial charge < -0.3 is 78.7 Å². The summed E-state index contributed by atoms with van der Waals surface area (Å²) in [5, 5.41) is 82.7. The number of ether oxygens (including phenoxy) is 8. The number of aromatic hydroxyl groups is 2. The molecule has 18 heteroatoms. The number of hydrogen-bond donors (Lipinski definition) is 8. The summed E-state index contributed by atoms with van der Waals surface area (Å²) in [5.41, 5.74) is 0.803. The number of methoxy groups -OCH3 is 3. The van der Waals surface area contributed by atoms with Gasteiger partial charge in [0, 0.05) is 12.2 Å². The highest BCUT2D eigenvalue weighted by Gasteiger charge is 2.60. The number of aliphatic hydroxyl groups excluding tert-OH is 6. The molecule has 0 spiro atoms. The van der Waals surface area contributed by atoms with Crippen LogP contribution >= 0.6 is 0 Å². The first-order valence-electron chi connectivity index (χ1n) is 15.3. The number of aliphatic hydroxyl groups is 6. The van der Waals surface area contributed by atoms with E-state index in [0.717, 1.165) is 12.2 Å². The van der Waals surface area contributed by atoms with Gasteiger partial charge in [0.25, 0.3) is 0 Å². The van der Waals surface area contributed by atoms with E-state index < -0.39 is 86.6 Å². The van der Waals surface area contributed by atoms with E-state index >= 15 is 0 Å². The molecule has 2 heterocycles. The molecule has 2 aromatic rings. The van der Waals surface area contributed by atoms with Gasteiger partial charge in [-0.3, -0.25) is 0 Å². The van der Waals surface area contributed by atoms with Gasteiger partial charge in [0.15, 0.2) is 35.4 Å². The first kappa shape index (κ1) is 39.3. The number of hydrogen-bond acceptors (Lipinski definition) is 18. The van der Waals surface area contributed by atoms with Crippen molar-refractivity contribution in [3.63, 3.8) is 0 Å². The average Bonchev–Trinajstić information content (AvgIpc) is 3.39. The third-order valence-corrected chi connectivity index (χ3v) is 8.02. The molecular weight excluding hydrogens is 684 g/mol. The Bertz CT molecular complexity index is 1550. The predicted octanol–water partition coefficient (Wildman–Crippen LogP) is -1.43. The molecule has 0 amide bonds. The first-order valence-corrected chi connectivity index (χ1v) is 15.3. The summed E-state index contributed by atoms with van der Waals surface area (Å²) in [6.07, 6.45) is -9.77. The summed E-state index contributed by atoms with van der Waals surface area (Å²) in [4.78, 5) is 25.3. The van der Waals surface area contributed by atoms with E-state index in [4.69, 9.17) is 37.9 Å². The van der Waals surface area contributed by atoms with Crippen LogP contribution in [-0.2, 0) is 33.3 Å². The van der Waals surface area contributed by atoms with Crippen LogP contribution < -0.4 is 14.2 Å². The summed E-state index contributed by atoms with van der Waals surface area (Å²) < 4.78 is 42.5. The zero-order chi connectivity index (χ0) is 37.5. The van der Waals surface area contributed by atoms with Crippen LogP contribution in [0.1, 0.15) is 11.1 Å². The molecule has 51 heavy (non-hydrogen) atoms. The van der Waals surface area contributed by atoms with Crippen LogP contribution in [0, 0.1) is 0 Å². The molecule has 0 aliphatic carbocycles. The predicted molar refractivity (Wildman–Crippen MR) is 170 cm³/mol. The lowest BCUT2D eigenvalue weighted by Gasteiger charge is -2.43. The molecule has 280 valence electrons. The van der Waals surface area contributed by atoms with Crippen molar-refractivity contribution in [2.45, 2.75) is 54.8 Å². The minimum atomic E-state index is -2.48. The Kier molecular flexibility index (Phi) is 13.2. The van der Waals surface area contributed by atoms with Crippen molar-refractivity contribution in [3.8, 4) is 28.7 Å². The molecule has 0 aromatic heterocycles. The van der Waals surface area contributed by atoms with E-state index in [1.165, 1.54) is 63.8 Å². The Morgan fingerprint density at radius 1 is 0.784 bits per heavy atom. The number of carbonyl (C=O) groups excluding carboxylic acids is 2. The zero-order valence-corrected chi connectivity index (χ0v) is 27.6. The maximum Gasteiger partial charge on any atom is 0.331 e. The molecule has 2 saturated heterocycles. The lowest BCUT2D eigenvalue weighted by molar-refractivity contribution is -0.383. The van der Waals surface area contributed by atoms with Crippen LogP contribution in [0.5, 0.6) is 28.7 Å². The Balaban J connectivity index is 1.47. The molecule has 4 rings (SSSR count). The lowest BCUT2D eigenvalue weighted by atomic mass is 9.99. The van der Waals surface area contributed by atoms with Gasteiger partial charge in [0.2, 0.25) is 11.5 Å². The highest BCUT2D eigenvalue weighted by molar-refractivity contribution is 5.88. The van der Waals surface area contributed by atoms with Gasteiger partial charge in [-0.25, -0.2) is 9.59 Å². The Labute approximate surface area is 290 Å². The molecule has 2 aliphatic rings. The topological polar surface area (TPSA) is 270 Å². The number of phenols is 2. The number of rotatable bonds is 14. The second kappa shape index (κ2) is 17.1. The van der Waals surface area contributed by atoms with Gasteiger partial charge in [0.1, 0.15) is 49.8 Å². The minimum Gasteiger partial charge on any atom is -0.504 e. The quantitative estimate of drug-likeness (QED) is 0.0819. The van der Waals surface area contributed by atoms with E-state index in [1.54, 1.807) is 0 Å². The number of phenolic OH excluding ortho intramolecular Hbond substituents is 2. The van der Waals surface area contributed by atoms with Crippen LogP contribution in [0.25, 0.3) is 12.2 Å². The summed E-state index contributed by atoms with van der Waals surface area (Å²) in [6, 6.07) is 7.06. The fraction of sp³-hybridized carbons (Fsp3) is 0.455. The standard InChI is InChI=1S/C33H40O18/c1-44-19-10-16(4-7-18(19)36)5-9-25(38)49-31-28(41)22(13-34)50-33(31,15-35)51-32-30(43)29(42)27(40)23(48-32)14-47-24(37)8-6-17-11-20(45-2)26(39)21(12-17)46-3/h4-12,22-23,27-32,34-36,39-43H,13-15H2,1-3H3/b8-6-,9-5+/t22-,23-,27-,28-,29+,30-,31+,32-,33+/m1/s1. The summed E-state index contributed by atoms with van der Waals surface area (Å²) in [7, 11) is 3.98. The number of esters is 2. The molecule has 8 N–H and O–H groups in total. The molecule has 9 atom stereocenters. The molecule has 2 aliphatic heterocycles. The second-order valence-electron chi connectivity index (χ2n) is 11.3. The second-order valence-corrected chi connectivity index (χ2v) is 11.3. The zero-order valence-electron chi connectivity index (χ0n) is 27.6. The minimum absolute atomic E-state index is 0.0769. The molecule has 18 nitrogen and oxygen atoms in total. The van der Waals surface area contributed by atoms with E-state index in [2.05, 4.69) is 0 Å². The van der Waals surface area contributed by atoms with Gasteiger partial charge in [0.05, 0.1) is 27.9 Å². The largest absolute Gasteiger partial charge is 0.504 e. The van der Waals surface area contributed by atoms with E-state index in [9.17, 15) is 50.4 Å². The Morgan fingerprint density at radius 2 is 1.39 bits per heavy atom. The highest BCUT2D eigenvalue weighted by atomic mass is 16.8. The molecule has 2 fully saturated rings. The van der Waals surface area contributed by atoms with Crippen LogP contribution in [0.4, 0.5) is 0 Å². The maximum atomic E-state index is 12.8. The lowest BCUT2D eigenvalue weighted by Crippen LogP contribution is -2.63. The van der Waals surface area contributed by atoms with Crippen LogP contribution in [0.2, 0.25) is 0 Å². The number of benzene rings is 2. The molecule has 2 aromatic carbocycles. The van der Waals surface area contributed by atoms with Gasteiger partial charge >= 0.3 is 11.9 Å². The first-order chi connectivity index (χ1) is 24.3. The fourth-order valence-electron chi connectivity index (χ4n) is 5.27. The Morgan fingerprint density at radius 3 is 2.00 bits per heavy atom. The fourth-order valence-corrected chi connectivity index (χ4v) is 5.27. The molecule has 0 bridgehead atoms. The monoisotopic (exact) mass is 724 g/mol. The van der Waals surface area contributed by atoms with Crippen molar-refractivity contribution < 1.29 is 88.3 Å². The average molecular weight is 725 g/mol. The van der Waals surface area contributed by atoms with Crippen molar-refractivity contribution in [3.05, 3.63) is 53.6 Å². The van der Waals surface area contributed by atoms with E-state index in [-0.39, 0.29) is 28.7 Å². The molecule has 0 saturated carbocycles.